The van der Waals surface area contributed by atoms with Gasteiger partial charge in [-0.05, 0) is 19.8 Å². The summed E-state index contributed by atoms with van der Waals surface area (Å²) in [5.74, 6) is 1.17. The highest BCUT2D eigenvalue weighted by molar-refractivity contribution is 5.73. The van der Waals surface area contributed by atoms with Gasteiger partial charge < -0.3 is 19.9 Å². The Hall–Kier alpha value is -1.91. The number of hydrogen-bond acceptors (Lipinski definition) is 5. The van der Waals surface area contributed by atoms with Gasteiger partial charge in [0.25, 0.3) is 0 Å². The van der Waals surface area contributed by atoms with Crippen molar-refractivity contribution in [1.82, 2.24) is 0 Å². The Balaban J connectivity index is 1.87. The fourth-order valence-corrected chi connectivity index (χ4v) is 2.09. The molecular formula is C14H19NO4. The molecule has 0 aliphatic heterocycles. The van der Waals surface area contributed by atoms with Crippen LogP contribution in [0.1, 0.15) is 19.8 Å². The number of esters is 1. The van der Waals surface area contributed by atoms with E-state index in [-0.39, 0.29) is 18.0 Å². The Kier molecular flexibility index (Phi) is 4.14. The summed E-state index contributed by atoms with van der Waals surface area (Å²) in [6, 6.07) is 5.27. The highest BCUT2D eigenvalue weighted by Gasteiger charge is 2.37. The van der Waals surface area contributed by atoms with Gasteiger partial charge in [-0.3, -0.25) is 4.79 Å². The lowest BCUT2D eigenvalue weighted by Gasteiger charge is -2.33. The number of carbonyl (C=O) groups excluding carboxylic acids is 1. The van der Waals surface area contributed by atoms with Crippen molar-refractivity contribution in [3.63, 3.8) is 0 Å². The number of nitrogen functional groups attached to an aromatic ring is 1. The van der Waals surface area contributed by atoms with Crippen molar-refractivity contribution in [2.75, 3.05) is 19.5 Å². The summed E-state index contributed by atoms with van der Waals surface area (Å²) < 4.78 is 15.9. The molecule has 2 N–H and O–H groups in total. The number of carbonyl (C=O) groups is 1. The molecule has 1 aromatic carbocycles. The van der Waals surface area contributed by atoms with Crippen molar-refractivity contribution in [1.29, 1.82) is 0 Å². The molecule has 1 fully saturated rings. The maximum atomic E-state index is 11.5. The van der Waals surface area contributed by atoms with Crippen LogP contribution in [0.3, 0.4) is 0 Å². The lowest BCUT2D eigenvalue weighted by atomic mass is 9.82. The number of hydrogen-bond donors (Lipinski definition) is 1. The van der Waals surface area contributed by atoms with Crippen molar-refractivity contribution in [2.24, 2.45) is 5.92 Å². The van der Waals surface area contributed by atoms with Crippen LogP contribution in [-0.4, -0.2) is 25.8 Å². The van der Waals surface area contributed by atoms with Gasteiger partial charge in [0.05, 0.1) is 19.6 Å². The fraction of sp³-hybridized carbons (Fsp3) is 0.500. The number of anilines is 1. The second-order valence-corrected chi connectivity index (χ2v) is 4.60. The smallest absolute Gasteiger partial charge is 0.309 e. The Morgan fingerprint density at radius 2 is 2.00 bits per heavy atom. The van der Waals surface area contributed by atoms with Gasteiger partial charge in [-0.2, -0.15) is 0 Å². The van der Waals surface area contributed by atoms with Crippen LogP contribution in [0.2, 0.25) is 0 Å². The van der Waals surface area contributed by atoms with Crippen LogP contribution in [-0.2, 0) is 9.53 Å². The molecule has 0 spiro atoms. The normalized spacial score (nSPS) is 21.4. The molecule has 0 saturated heterocycles. The van der Waals surface area contributed by atoms with Crippen molar-refractivity contribution in [3.05, 3.63) is 18.2 Å². The van der Waals surface area contributed by atoms with Crippen LogP contribution in [0, 0.1) is 5.92 Å². The first kappa shape index (κ1) is 13.5. The maximum absolute atomic E-state index is 11.5. The molecule has 0 amide bonds. The van der Waals surface area contributed by atoms with Crippen LogP contribution in [0.25, 0.3) is 0 Å². The molecule has 0 bridgehead atoms. The van der Waals surface area contributed by atoms with Crippen LogP contribution in [0.15, 0.2) is 18.2 Å². The van der Waals surface area contributed by atoms with E-state index in [0.29, 0.717) is 36.6 Å². The molecule has 5 nitrogen and oxygen atoms in total. The molecule has 1 aliphatic rings. The lowest BCUT2D eigenvalue weighted by Crippen LogP contribution is -2.39. The predicted octanol–water partition coefficient (Wildman–Crippen LogP) is 2.00. The number of rotatable bonds is 5. The molecule has 0 unspecified atom stereocenters. The third-order valence-electron chi connectivity index (χ3n) is 3.16. The van der Waals surface area contributed by atoms with E-state index in [0.717, 1.165) is 0 Å². The molecule has 19 heavy (non-hydrogen) atoms. The molecule has 0 heterocycles. The zero-order valence-corrected chi connectivity index (χ0v) is 11.2. The van der Waals surface area contributed by atoms with Gasteiger partial charge in [-0.25, -0.2) is 0 Å². The van der Waals surface area contributed by atoms with E-state index < -0.39 is 0 Å². The second kappa shape index (κ2) is 5.82. The Morgan fingerprint density at radius 1 is 1.32 bits per heavy atom. The highest BCUT2D eigenvalue weighted by Crippen LogP contribution is 2.34. The summed E-state index contributed by atoms with van der Waals surface area (Å²) in [6.07, 6.45) is 1.42. The van der Waals surface area contributed by atoms with E-state index in [9.17, 15) is 4.79 Å². The van der Waals surface area contributed by atoms with Crippen LogP contribution in [0.4, 0.5) is 5.69 Å². The monoisotopic (exact) mass is 265 g/mol. The summed E-state index contributed by atoms with van der Waals surface area (Å²) >= 11 is 0. The minimum atomic E-state index is -0.132. The molecule has 1 aliphatic carbocycles. The number of nitrogens with two attached hydrogens (primary N) is 1. The van der Waals surface area contributed by atoms with Gasteiger partial charge in [0.2, 0.25) is 0 Å². The van der Waals surface area contributed by atoms with E-state index in [4.69, 9.17) is 19.9 Å². The van der Waals surface area contributed by atoms with Gasteiger partial charge in [0, 0.05) is 23.9 Å². The van der Waals surface area contributed by atoms with Crippen LogP contribution in [0.5, 0.6) is 11.5 Å². The molecule has 1 saturated carbocycles. The van der Waals surface area contributed by atoms with Gasteiger partial charge in [-0.1, -0.05) is 0 Å². The number of methoxy groups -OCH3 is 1. The van der Waals surface area contributed by atoms with E-state index in [1.54, 1.807) is 25.3 Å². The summed E-state index contributed by atoms with van der Waals surface area (Å²) in [4.78, 5) is 11.5. The number of ether oxygens (including phenoxy) is 3. The van der Waals surface area contributed by atoms with E-state index >= 15 is 0 Å². The zero-order chi connectivity index (χ0) is 13.8. The number of benzene rings is 1. The third-order valence-corrected chi connectivity index (χ3v) is 3.16. The molecule has 0 atom stereocenters. The summed E-state index contributed by atoms with van der Waals surface area (Å²) in [6.45, 7) is 2.23. The first-order valence-electron chi connectivity index (χ1n) is 6.40. The first-order valence-corrected chi connectivity index (χ1v) is 6.40. The minimum absolute atomic E-state index is 0.0343. The SMILES string of the molecule is CCOC(=O)[C@H]1C[C@H](Oc2cc(N)cc(OC)c2)C1. The fourth-order valence-electron chi connectivity index (χ4n) is 2.09. The summed E-state index contributed by atoms with van der Waals surface area (Å²) in [5.41, 5.74) is 6.34. The lowest BCUT2D eigenvalue weighted by molar-refractivity contribution is -0.154. The largest absolute Gasteiger partial charge is 0.497 e. The summed E-state index contributed by atoms with van der Waals surface area (Å²) in [7, 11) is 1.58. The average molecular weight is 265 g/mol. The van der Waals surface area contributed by atoms with Gasteiger partial charge >= 0.3 is 5.97 Å². The predicted molar refractivity (Wildman–Crippen MR) is 71.2 cm³/mol. The van der Waals surface area contributed by atoms with Crippen molar-refractivity contribution >= 4 is 11.7 Å². The molecule has 0 radical (unpaired) electrons. The van der Waals surface area contributed by atoms with Crippen LogP contribution >= 0.6 is 0 Å². The average Bonchev–Trinajstić information content (AvgIpc) is 2.32. The van der Waals surface area contributed by atoms with Crippen molar-refractivity contribution in [2.45, 2.75) is 25.9 Å². The minimum Gasteiger partial charge on any atom is -0.497 e. The third kappa shape index (κ3) is 3.30. The Morgan fingerprint density at radius 3 is 2.63 bits per heavy atom. The zero-order valence-electron chi connectivity index (χ0n) is 11.2. The molecule has 0 aromatic heterocycles. The van der Waals surface area contributed by atoms with E-state index in [2.05, 4.69) is 0 Å². The van der Waals surface area contributed by atoms with E-state index in [1.807, 2.05) is 6.92 Å². The van der Waals surface area contributed by atoms with Gasteiger partial charge in [-0.15, -0.1) is 0 Å². The van der Waals surface area contributed by atoms with Gasteiger partial charge in [0.1, 0.15) is 17.6 Å². The Bertz CT molecular complexity index is 455. The molecular weight excluding hydrogens is 246 g/mol. The standard InChI is InChI=1S/C14H19NO4/c1-3-18-14(16)9-4-12(5-9)19-13-7-10(15)6-11(8-13)17-2/h6-9,12H,3-5,15H2,1-2H3/t9-,12-. The molecule has 104 valence electrons. The highest BCUT2D eigenvalue weighted by atomic mass is 16.5. The molecule has 2 rings (SSSR count). The quantitative estimate of drug-likeness (QED) is 0.651. The first-order chi connectivity index (χ1) is 9.12. The van der Waals surface area contributed by atoms with E-state index in [1.165, 1.54) is 0 Å². The molecule has 1 aromatic rings. The van der Waals surface area contributed by atoms with Crippen molar-refractivity contribution in [3.8, 4) is 11.5 Å². The topological polar surface area (TPSA) is 70.8 Å². The maximum Gasteiger partial charge on any atom is 0.309 e. The van der Waals surface area contributed by atoms with Crippen LogP contribution < -0.4 is 15.2 Å². The van der Waals surface area contributed by atoms with Gasteiger partial charge in [0.15, 0.2) is 0 Å². The van der Waals surface area contributed by atoms with Crippen molar-refractivity contribution < 1.29 is 19.0 Å². The molecule has 5 heteroatoms. The summed E-state index contributed by atoms with van der Waals surface area (Å²) in [5, 5.41) is 0. The Labute approximate surface area is 112 Å². The second-order valence-electron chi connectivity index (χ2n) is 4.60.